The van der Waals surface area contributed by atoms with Crippen molar-refractivity contribution in [2.45, 2.75) is 34.1 Å². The van der Waals surface area contributed by atoms with Crippen molar-refractivity contribution in [3.05, 3.63) is 11.4 Å². The summed E-state index contributed by atoms with van der Waals surface area (Å²) in [6, 6.07) is 0. The average molecular weight is 238 g/mol. The Labute approximate surface area is 103 Å². The lowest BCUT2D eigenvalue weighted by molar-refractivity contribution is 0.110. The molecule has 0 atom stereocenters. The summed E-state index contributed by atoms with van der Waals surface area (Å²) in [5.41, 5.74) is 1.79. The molecule has 1 rings (SSSR count). The number of ether oxygens (including phenoxy) is 1. The van der Waals surface area contributed by atoms with Crippen LogP contribution >= 0.6 is 0 Å². The summed E-state index contributed by atoms with van der Waals surface area (Å²) in [5.74, 6) is 1.19. The van der Waals surface area contributed by atoms with Crippen molar-refractivity contribution in [1.29, 1.82) is 0 Å². The minimum absolute atomic E-state index is 0.593. The molecule has 0 spiro atoms. The molecule has 1 heterocycles. The molecule has 0 saturated carbocycles. The van der Waals surface area contributed by atoms with Gasteiger partial charge in [0.15, 0.2) is 0 Å². The summed E-state index contributed by atoms with van der Waals surface area (Å²) in [6.45, 7) is 10.5. The van der Waals surface area contributed by atoms with Crippen molar-refractivity contribution in [3.8, 4) is 0 Å². The molecule has 0 aliphatic carbocycles. The van der Waals surface area contributed by atoms with Gasteiger partial charge in [-0.25, -0.2) is 4.98 Å². The lowest BCUT2D eigenvalue weighted by atomic mass is 10.2. The number of hydrogen-bond donors (Lipinski definition) is 1. The maximum Gasteiger partial charge on any atom is 0.242 e. The number of rotatable bonds is 7. The average Bonchev–Trinajstić information content (AvgIpc) is 2.27. The van der Waals surface area contributed by atoms with E-state index >= 15 is 0 Å². The van der Waals surface area contributed by atoms with E-state index in [1.165, 1.54) is 0 Å². The molecular weight excluding hydrogens is 216 g/mol. The Morgan fingerprint density at radius 2 is 1.94 bits per heavy atom. The lowest BCUT2D eigenvalue weighted by Gasteiger charge is -2.07. The molecule has 0 aromatic carbocycles. The Balaban J connectivity index is 2.16. The fraction of sp³-hybridized carbons (Fsp3) is 0.750. The fourth-order valence-electron chi connectivity index (χ4n) is 1.23. The Morgan fingerprint density at radius 1 is 1.18 bits per heavy atom. The molecule has 0 radical (unpaired) electrons. The molecule has 0 aliphatic rings. The second-order valence-corrected chi connectivity index (χ2v) is 4.56. The van der Waals surface area contributed by atoms with Crippen molar-refractivity contribution < 1.29 is 4.74 Å². The van der Waals surface area contributed by atoms with Crippen LogP contribution in [-0.4, -0.2) is 34.9 Å². The molecule has 0 fully saturated rings. The molecule has 1 aromatic rings. The van der Waals surface area contributed by atoms with Gasteiger partial charge in [0, 0.05) is 19.8 Å². The Bertz CT molecular complexity index is 341. The summed E-state index contributed by atoms with van der Waals surface area (Å²) >= 11 is 0. The van der Waals surface area contributed by atoms with Crippen LogP contribution in [0, 0.1) is 19.8 Å². The highest BCUT2D eigenvalue weighted by atomic mass is 16.5. The van der Waals surface area contributed by atoms with Crippen LogP contribution in [0.4, 0.5) is 5.95 Å². The van der Waals surface area contributed by atoms with Gasteiger partial charge in [-0.2, -0.15) is 5.10 Å². The lowest BCUT2D eigenvalue weighted by Crippen LogP contribution is -2.11. The quantitative estimate of drug-likeness (QED) is 0.736. The van der Waals surface area contributed by atoms with Crippen LogP contribution in [0.2, 0.25) is 0 Å². The molecule has 5 nitrogen and oxygen atoms in total. The van der Waals surface area contributed by atoms with Crippen molar-refractivity contribution in [2.75, 3.05) is 25.1 Å². The van der Waals surface area contributed by atoms with Gasteiger partial charge in [-0.05, 0) is 26.2 Å². The second kappa shape index (κ2) is 7.17. The number of hydrogen-bond acceptors (Lipinski definition) is 5. The number of aromatic nitrogens is 3. The summed E-state index contributed by atoms with van der Waals surface area (Å²) in [5, 5.41) is 11.1. The van der Waals surface area contributed by atoms with E-state index in [-0.39, 0.29) is 0 Å². The van der Waals surface area contributed by atoms with Gasteiger partial charge in [-0.3, -0.25) is 0 Å². The van der Waals surface area contributed by atoms with Crippen LogP contribution in [0.1, 0.15) is 31.7 Å². The van der Waals surface area contributed by atoms with Crippen LogP contribution in [0.3, 0.4) is 0 Å². The topological polar surface area (TPSA) is 59.9 Å². The summed E-state index contributed by atoms with van der Waals surface area (Å²) in [6.07, 6.45) is 0.947. The van der Waals surface area contributed by atoms with Gasteiger partial charge >= 0.3 is 0 Å². The predicted octanol–water partition coefficient (Wildman–Crippen LogP) is 1.96. The maximum absolute atomic E-state index is 5.48. The third kappa shape index (κ3) is 5.58. The highest BCUT2D eigenvalue weighted by Gasteiger charge is 2.00. The highest BCUT2D eigenvalue weighted by molar-refractivity contribution is 5.24. The third-order valence-corrected chi connectivity index (χ3v) is 2.29. The van der Waals surface area contributed by atoms with E-state index in [9.17, 15) is 0 Å². The van der Waals surface area contributed by atoms with Crippen LogP contribution in [-0.2, 0) is 4.74 Å². The first-order chi connectivity index (χ1) is 8.09. The van der Waals surface area contributed by atoms with E-state index in [4.69, 9.17) is 4.74 Å². The zero-order valence-corrected chi connectivity index (χ0v) is 11.2. The fourth-order valence-corrected chi connectivity index (χ4v) is 1.23. The van der Waals surface area contributed by atoms with E-state index in [0.717, 1.165) is 37.6 Å². The highest BCUT2D eigenvalue weighted by Crippen LogP contribution is 2.01. The van der Waals surface area contributed by atoms with E-state index in [1.54, 1.807) is 0 Å². The van der Waals surface area contributed by atoms with E-state index in [1.807, 2.05) is 13.8 Å². The molecule has 96 valence electrons. The summed E-state index contributed by atoms with van der Waals surface area (Å²) in [7, 11) is 0. The maximum atomic E-state index is 5.48. The van der Waals surface area contributed by atoms with Crippen LogP contribution in [0.5, 0.6) is 0 Å². The molecule has 0 unspecified atom stereocenters. The largest absolute Gasteiger partial charge is 0.381 e. The number of anilines is 1. The molecular formula is C12H22N4O. The molecule has 5 heteroatoms. The van der Waals surface area contributed by atoms with Gasteiger partial charge < -0.3 is 10.1 Å². The van der Waals surface area contributed by atoms with E-state index in [0.29, 0.717) is 11.9 Å². The van der Waals surface area contributed by atoms with E-state index < -0.39 is 0 Å². The third-order valence-electron chi connectivity index (χ3n) is 2.29. The van der Waals surface area contributed by atoms with Crippen LogP contribution in [0.15, 0.2) is 0 Å². The second-order valence-electron chi connectivity index (χ2n) is 4.56. The van der Waals surface area contributed by atoms with Gasteiger partial charge in [0.1, 0.15) is 0 Å². The molecule has 1 N–H and O–H groups in total. The number of nitrogens with zero attached hydrogens (tertiary/aromatic N) is 3. The smallest absolute Gasteiger partial charge is 0.242 e. The Hall–Kier alpha value is -1.23. The van der Waals surface area contributed by atoms with Gasteiger partial charge in [0.05, 0.1) is 11.4 Å². The van der Waals surface area contributed by atoms with Gasteiger partial charge in [0.2, 0.25) is 5.95 Å². The Kier molecular flexibility index (Phi) is 5.83. The number of aryl methyl sites for hydroxylation is 2. The first kappa shape index (κ1) is 13.8. The van der Waals surface area contributed by atoms with Crippen molar-refractivity contribution in [3.63, 3.8) is 0 Å². The number of nitrogens with one attached hydrogen (secondary N) is 1. The van der Waals surface area contributed by atoms with E-state index in [2.05, 4.69) is 34.3 Å². The molecule has 0 saturated heterocycles. The normalized spacial score (nSPS) is 10.9. The molecule has 0 amide bonds. The van der Waals surface area contributed by atoms with Gasteiger partial charge in [-0.15, -0.1) is 5.10 Å². The minimum atomic E-state index is 0.593. The summed E-state index contributed by atoms with van der Waals surface area (Å²) < 4.78 is 5.48. The molecule has 17 heavy (non-hydrogen) atoms. The van der Waals surface area contributed by atoms with Crippen LogP contribution < -0.4 is 5.32 Å². The zero-order chi connectivity index (χ0) is 12.7. The standard InChI is InChI=1S/C12H22N4O/c1-9(2)8-17-7-5-6-13-12-14-10(3)11(4)15-16-12/h9H,5-8H2,1-4H3,(H,13,14,16). The first-order valence-corrected chi connectivity index (χ1v) is 6.09. The molecule has 1 aromatic heterocycles. The van der Waals surface area contributed by atoms with Gasteiger partial charge in [0.25, 0.3) is 0 Å². The SMILES string of the molecule is Cc1nnc(NCCCOCC(C)C)nc1C. The first-order valence-electron chi connectivity index (χ1n) is 6.09. The molecule has 0 bridgehead atoms. The monoisotopic (exact) mass is 238 g/mol. The Morgan fingerprint density at radius 3 is 2.59 bits per heavy atom. The van der Waals surface area contributed by atoms with Crippen LogP contribution in [0.25, 0.3) is 0 Å². The molecule has 0 aliphatic heterocycles. The van der Waals surface area contributed by atoms with Crippen molar-refractivity contribution in [1.82, 2.24) is 15.2 Å². The van der Waals surface area contributed by atoms with Gasteiger partial charge in [-0.1, -0.05) is 13.8 Å². The van der Waals surface area contributed by atoms with Crippen molar-refractivity contribution >= 4 is 5.95 Å². The summed E-state index contributed by atoms with van der Waals surface area (Å²) in [4.78, 5) is 4.29. The predicted molar refractivity (Wildman–Crippen MR) is 68.1 cm³/mol. The minimum Gasteiger partial charge on any atom is -0.381 e. The zero-order valence-electron chi connectivity index (χ0n) is 11.2. The van der Waals surface area contributed by atoms with Crippen molar-refractivity contribution in [2.24, 2.45) is 5.92 Å².